The predicted molar refractivity (Wildman–Crippen MR) is 87.7 cm³/mol. The lowest BCUT2D eigenvalue weighted by Crippen LogP contribution is -2.38. The maximum atomic E-state index is 11.6. The van der Waals surface area contributed by atoms with Crippen molar-refractivity contribution < 1.29 is 9.90 Å². The molecule has 22 heavy (non-hydrogen) atoms. The summed E-state index contributed by atoms with van der Waals surface area (Å²) in [5.41, 5.74) is 1.45. The highest BCUT2D eigenvalue weighted by atomic mass is 16.3. The third-order valence-electron chi connectivity index (χ3n) is 5.59. The van der Waals surface area contributed by atoms with Crippen LogP contribution >= 0.6 is 0 Å². The van der Waals surface area contributed by atoms with E-state index in [1.807, 2.05) is 0 Å². The van der Waals surface area contributed by atoms with Gasteiger partial charge in [-0.05, 0) is 50.5 Å². The van der Waals surface area contributed by atoms with Gasteiger partial charge in [-0.3, -0.25) is 4.79 Å². The van der Waals surface area contributed by atoms with Gasteiger partial charge in [0.2, 0.25) is 0 Å². The summed E-state index contributed by atoms with van der Waals surface area (Å²) in [6, 6.07) is 11.9. The highest BCUT2D eigenvalue weighted by Gasteiger charge is 2.40. The van der Waals surface area contributed by atoms with Crippen LogP contribution in [0.15, 0.2) is 30.3 Å². The smallest absolute Gasteiger partial charge is 0.161 e. The Kier molecular flexibility index (Phi) is 4.94. The van der Waals surface area contributed by atoms with Gasteiger partial charge in [0.05, 0.1) is 0 Å². The average Bonchev–Trinajstić information content (AvgIpc) is 3.34. The molecule has 0 aromatic heterocycles. The van der Waals surface area contributed by atoms with Crippen molar-refractivity contribution in [1.29, 1.82) is 0 Å². The van der Waals surface area contributed by atoms with Crippen molar-refractivity contribution in [2.45, 2.75) is 57.0 Å². The molecule has 2 aliphatic carbocycles. The summed E-state index contributed by atoms with van der Waals surface area (Å²) in [4.78, 5) is 11.6. The average molecular weight is 301 g/mol. The Morgan fingerprint density at radius 3 is 2.55 bits per heavy atom. The van der Waals surface area contributed by atoms with Crippen molar-refractivity contribution in [3.05, 3.63) is 35.9 Å². The number of carbonyl (C=O) groups is 1. The van der Waals surface area contributed by atoms with Crippen LogP contribution in [0.3, 0.4) is 0 Å². The first-order valence-electron chi connectivity index (χ1n) is 8.63. The summed E-state index contributed by atoms with van der Waals surface area (Å²) in [7, 11) is 0. The molecular formula is C19H27NO2. The van der Waals surface area contributed by atoms with E-state index in [0.29, 0.717) is 23.9 Å². The number of Topliss-reactive ketones (excluding diaryl/α,β-unsaturated/α-hetero) is 1. The number of aliphatic hydroxyl groups is 1. The van der Waals surface area contributed by atoms with Crippen LogP contribution in [-0.4, -0.2) is 29.6 Å². The number of hydrogen-bond donors (Lipinski definition) is 2. The molecule has 0 radical (unpaired) electrons. The molecule has 0 heterocycles. The molecule has 3 nitrogen and oxygen atoms in total. The van der Waals surface area contributed by atoms with Crippen LogP contribution in [0.25, 0.3) is 0 Å². The highest BCUT2D eigenvalue weighted by molar-refractivity contribution is 5.82. The molecule has 0 amide bonds. The fourth-order valence-electron chi connectivity index (χ4n) is 3.99. The van der Waals surface area contributed by atoms with Gasteiger partial charge >= 0.3 is 0 Å². The molecule has 0 bridgehead atoms. The molecule has 0 saturated heterocycles. The maximum absolute atomic E-state index is 11.6. The Morgan fingerprint density at radius 1 is 1.23 bits per heavy atom. The molecule has 2 N–H and O–H groups in total. The van der Waals surface area contributed by atoms with E-state index in [0.717, 1.165) is 25.7 Å². The first-order valence-corrected chi connectivity index (χ1v) is 8.63. The highest BCUT2D eigenvalue weighted by Crippen LogP contribution is 2.42. The van der Waals surface area contributed by atoms with E-state index in [-0.39, 0.29) is 18.3 Å². The summed E-state index contributed by atoms with van der Waals surface area (Å²) in [5.74, 6) is 1.48. The van der Waals surface area contributed by atoms with Crippen LogP contribution in [0.4, 0.5) is 0 Å². The van der Waals surface area contributed by atoms with Gasteiger partial charge in [0.1, 0.15) is 6.61 Å². The molecule has 2 saturated carbocycles. The first-order chi connectivity index (χ1) is 10.7. The van der Waals surface area contributed by atoms with Crippen LogP contribution in [-0.2, 0) is 4.79 Å². The second kappa shape index (κ2) is 6.93. The van der Waals surface area contributed by atoms with Gasteiger partial charge in [0, 0.05) is 23.9 Å². The van der Waals surface area contributed by atoms with E-state index in [1.165, 1.54) is 12.0 Å². The van der Waals surface area contributed by atoms with Crippen LogP contribution < -0.4 is 5.32 Å². The van der Waals surface area contributed by atoms with Crippen molar-refractivity contribution >= 4 is 5.78 Å². The Labute approximate surface area is 133 Å². The molecular weight excluding hydrogens is 274 g/mol. The van der Waals surface area contributed by atoms with Gasteiger partial charge < -0.3 is 10.4 Å². The molecule has 3 rings (SSSR count). The van der Waals surface area contributed by atoms with Gasteiger partial charge in [-0.15, -0.1) is 0 Å². The minimum Gasteiger partial charge on any atom is -0.389 e. The number of aliphatic hydroxyl groups excluding tert-OH is 1. The van der Waals surface area contributed by atoms with Gasteiger partial charge in [-0.1, -0.05) is 30.3 Å². The second-order valence-corrected chi connectivity index (χ2v) is 7.05. The number of ketones is 1. The number of nitrogens with one attached hydrogen (secondary N) is 1. The summed E-state index contributed by atoms with van der Waals surface area (Å²) in [5, 5.41) is 12.8. The van der Waals surface area contributed by atoms with E-state index in [1.54, 1.807) is 0 Å². The summed E-state index contributed by atoms with van der Waals surface area (Å²) >= 11 is 0. The molecule has 3 atom stereocenters. The lowest BCUT2D eigenvalue weighted by molar-refractivity contribution is -0.126. The zero-order chi connectivity index (χ0) is 15.5. The monoisotopic (exact) mass is 301 g/mol. The molecule has 3 unspecified atom stereocenters. The molecule has 0 aliphatic heterocycles. The molecule has 3 heteroatoms. The van der Waals surface area contributed by atoms with Crippen LogP contribution in [0, 0.1) is 11.8 Å². The Hall–Kier alpha value is -1.19. The topological polar surface area (TPSA) is 49.3 Å². The van der Waals surface area contributed by atoms with Crippen molar-refractivity contribution in [2.24, 2.45) is 11.8 Å². The van der Waals surface area contributed by atoms with Crippen LogP contribution in [0.1, 0.15) is 50.5 Å². The van der Waals surface area contributed by atoms with Crippen LogP contribution in [0.2, 0.25) is 0 Å². The van der Waals surface area contributed by atoms with Gasteiger partial charge in [-0.25, -0.2) is 0 Å². The largest absolute Gasteiger partial charge is 0.389 e. The van der Waals surface area contributed by atoms with Crippen molar-refractivity contribution in [2.75, 3.05) is 6.61 Å². The van der Waals surface area contributed by atoms with Crippen molar-refractivity contribution in [3.8, 4) is 0 Å². The lowest BCUT2D eigenvalue weighted by Gasteiger charge is -2.32. The number of hydrogen-bond acceptors (Lipinski definition) is 3. The molecule has 1 aromatic carbocycles. The van der Waals surface area contributed by atoms with Crippen molar-refractivity contribution in [3.63, 3.8) is 0 Å². The molecule has 2 aliphatic rings. The first kappa shape index (κ1) is 15.7. The van der Waals surface area contributed by atoms with Gasteiger partial charge in [-0.2, -0.15) is 0 Å². The Bertz CT molecular complexity index is 493. The third kappa shape index (κ3) is 3.58. The standard InChI is InChI=1S/C19H27NO2/c1-13(14-7-9-16(10-8-14)19(22)12-21)20-18-11-17(18)15-5-3-2-4-6-15/h2-6,13-14,16-18,20-21H,7-12H2,1H3. The zero-order valence-corrected chi connectivity index (χ0v) is 13.4. The molecule has 120 valence electrons. The van der Waals surface area contributed by atoms with Crippen molar-refractivity contribution in [1.82, 2.24) is 5.32 Å². The number of carbonyl (C=O) groups excluding carboxylic acids is 1. The summed E-state index contributed by atoms with van der Waals surface area (Å²) in [6.07, 6.45) is 5.35. The Balaban J connectivity index is 1.44. The quantitative estimate of drug-likeness (QED) is 0.849. The van der Waals surface area contributed by atoms with E-state index in [2.05, 4.69) is 42.6 Å². The Morgan fingerprint density at radius 2 is 1.91 bits per heavy atom. The van der Waals surface area contributed by atoms with Gasteiger partial charge in [0.25, 0.3) is 0 Å². The SMILES string of the molecule is CC(NC1CC1c1ccccc1)C1CCC(C(=O)CO)CC1. The molecule has 2 fully saturated rings. The molecule has 0 spiro atoms. The minimum absolute atomic E-state index is 0.0328. The van der Waals surface area contributed by atoms with Crippen LogP contribution in [0.5, 0.6) is 0 Å². The predicted octanol–water partition coefficient (Wildman–Crippen LogP) is 2.89. The zero-order valence-electron chi connectivity index (χ0n) is 13.4. The van der Waals surface area contributed by atoms with E-state index >= 15 is 0 Å². The van der Waals surface area contributed by atoms with Gasteiger partial charge in [0.15, 0.2) is 5.78 Å². The fraction of sp³-hybridized carbons (Fsp3) is 0.632. The minimum atomic E-state index is -0.288. The van der Waals surface area contributed by atoms with E-state index < -0.39 is 0 Å². The fourth-order valence-corrected chi connectivity index (χ4v) is 3.99. The summed E-state index contributed by atoms with van der Waals surface area (Å²) in [6.45, 7) is 2.00. The molecule has 1 aromatic rings. The summed E-state index contributed by atoms with van der Waals surface area (Å²) < 4.78 is 0. The maximum Gasteiger partial charge on any atom is 0.161 e. The normalized spacial score (nSPS) is 32.5. The number of benzene rings is 1. The van der Waals surface area contributed by atoms with E-state index in [4.69, 9.17) is 5.11 Å². The number of rotatable bonds is 6. The van der Waals surface area contributed by atoms with E-state index in [9.17, 15) is 4.79 Å². The third-order valence-corrected chi connectivity index (χ3v) is 5.59. The lowest BCUT2D eigenvalue weighted by atomic mass is 9.77. The second-order valence-electron chi connectivity index (χ2n) is 7.05.